The number of hydrogen-bond donors (Lipinski definition) is 4. The van der Waals surface area contributed by atoms with Crippen LogP contribution in [0.25, 0.3) is 0 Å². The summed E-state index contributed by atoms with van der Waals surface area (Å²) in [6.45, 7) is 2.29. The first-order chi connectivity index (χ1) is 13.0. The number of benzene rings is 1. The Morgan fingerprint density at radius 3 is 2.52 bits per heavy atom. The number of carbonyl (C=O) groups is 1. The van der Waals surface area contributed by atoms with E-state index in [-0.39, 0.29) is 23.8 Å². The Kier molecular flexibility index (Phi) is 6.85. The van der Waals surface area contributed by atoms with Crippen molar-refractivity contribution in [2.45, 2.75) is 63.6 Å². The molecule has 6 nitrogen and oxygen atoms in total. The van der Waals surface area contributed by atoms with Crippen molar-refractivity contribution in [1.82, 2.24) is 10.2 Å². The molecule has 2 atom stereocenters. The van der Waals surface area contributed by atoms with Gasteiger partial charge in [0, 0.05) is 24.7 Å². The maximum absolute atomic E-state index is 12.7. The molecule has 1 aliphatic heterocycles. The van der Waals surface area contributed by atoms with Crippen molar-refractivity contribution in [3.8, 4) is 0 Å². The molecule has 6 N–H and O–H groups in total. The highest BCUT2D eigenvalue weighted by Gasteiger charge is 2.33. The van der Waals surface area contributed by atoms with E-state index in [1.165, 1.54) is 32.1 Å². The molecule has 1 amide bonds. The van der Waals surface area contributed by atoms with E-state index in [4.69, 9.17) is 16.9 Å². The minimum atomic E-state index is -0.0591. The van der Waals surface area contributed by atoms with Gasteiger partial charge in [-0.15, -0.1) is 0 Å². The van der Waals surface area contributed by atoms with Crippen LogP contribution in [-0.4, -0.2) is 41.8 Å². The smallest absolute Gasteiger partial charge is 0.237 e. The number of hydrogen-bond acceptors (Lipinski definition) is 4. The number of amidine groups is 1. The second-order valence-electron chi connectivity index (χ2n) is 8.04. The summed E-state index contributed by atoms with van der Waals surface area (Å²) in [5, 5.41) is 10.5. The van der Waals surface area contributed by atoms with Crippen molar-refractivity contribution < 1.29 is 4.79 Å². The number of nitrogens with zero attached hydrogens (tertiary/aromatic N) is 1. The number of nitrogens with two attached hydrogens (primary N) is 2. The highest BCUT2D eigenvalue weighted by atomic mass is 16.2. The first kappa shape index (κ1) is 19.8. The van der Waals surface area contributed by atoms with Crippen LogP contribution in [-0.2, 0) is 11.3 Å². The van der Waals surface area contributed by atoms with Crippen LogP contribution in [0.5, 0.6) is 0 Å². The van der Waals surface area contributed by atoms with Gasteiger partial charge in [-0.1, -0.05) is 43.5 Å². The second-order valence-corrected chi connectivity index (χ2v) is 8.04. The monoisotopic (exact) mass is 371 g/mol. The molecule has 1 aromatic rings. The fourth-order valence-corrected chi connectivity index (χ4v) is 4.43. The first-order valence-corrected chi connectivity index (χ1v) is 10.3. The van der Waals surface area contributed by atoms with Gasteiger partial charge in [0.25, 0.3) is 0 Å². The van der Waals surface area contributed by atoms with Gasteiger partial charge in [-0.3, -0.25) is 15.1 Å². The van der Waals surface area contributed by atoms with Crippen molar-refractivity contribution in [2.75, 3.05) is 13.1 Å². The maximum Gasteiger partial charge on any atom is 0.237 e. The van der Waals surface area contributed by atoms with Crippen LogP contribution in [0.1, 0.15) is 56.1 Å². The Morgan fingerprint density at radius 1 is 1.15 bits per heavy atom. The second kappa shape index (κ2) is 9.33. The number of amides is 1. The van der Waals surface area contributed by atoms with Gasteiger partial charge >= 0.3 is 0 Å². The van der Waals surface area contributed by atoms with Crippen LogP contribution in [0, 0.1) is 11.3 Å². The third-order valence-corrected chi connectivity index (χ3v) is 6.10. The van der Waals surface area contributed by atoms with E-state index >= 15 is 0 Å². The van der Waals surface area contributed by atoms with E-state index in [0.29, 0.717) is 18.0 Å². The quantitative estimate of drug-likeness (QED) is 0.434. The van der Waals surface area contributed by atoms with E-state index in [2.05, 4.69) is 10.2 Å². The summed E-state index contributed by atoms with van der Waals surface area (Å²) >= 11 is 0. The van der Waals surface area contributed by atoms with Crippen LogP contribution in [0.2, 0.25) is 0 Å². The fraction of sp³-hybridized carbons (Fsp3) is 0.619. The third-order valence-electron chi connectivity index (χ3n) is 6.10. The van der Waals surface area contributed by atoms with E-state index in [0.717, 1.165) is 31.5 Å². The van der Waals surface area contributed by atoms with Gasteiger partial charge in [0.1, 0.15) is 5.84 Å². The summed E-state index contributed by atoms with van der Waals surface area (Å²) in [4.78, 5) is 15.0. The first-order valence-electron chi connectivity index (χ1n) is 10.3. The zero-order valence-electron chi connectivity index (χ0n) is 16.1. The van der Waals surface area contributed by atoms with Gasteiger partial charge < -0.3 is 16.8 Å². The van der Waals surface area contributed by atoms with E-state index < -0.39 is 0 Å². The van der Waals surface area contributed by atoms with Crippen LogP contribution in [0.15, 0.2) is 24.3 Å². The standard InChI is InChI=1S/C21H33N5O/c22-18(16-5-2-1-3-6-16)14-26-12-4-7-19(26)21(27)25-13-15-8-10-17(11-9-15)20(23)24/h8-11,16,18-19H,1-7,12-14,22H2,(H3,23,24)(H,25,27)/t18-,19-/m0/s1. The Hall–Kier alpha value is -1.92. The molecule has 0 bridgehead atoms. The molecule has 0 spiro atoms. The zero-order valence-corrected chi connectivity index (χ0v) is 16.1. The van der Waals surface area contributed by atoms with Crippen LogP contribution >= 0.6 is 0 Å². The van der Waals surface area contributed by atoms with E-state index in [1.54, 1.807) is 0 Å². The van der Waals surface area contributed by atoms with E-state index in [9.17, 15) is 4.79 Å². The summed E-state index contributed by atoms with van der Waals surface area (Å²) in [5.74, 6) is 0.767. The van der Waals surface area contributed by atoms with Gasteiger partial charge in [-0.2, -0.15) is 0 Å². The molecule has 1 saturated carbocycles. The predicted molar refractivity (Wildman–Crippen MR) is 108 cm³/mol. The lowest BCUT2D eigenvalue weighted by molar-refractivity contribution is -0.125. The fourth-order valence-electron chi connectivity index (χ4n) is 4.43. The van der Waals surface area contributed by atoms with Gasteiger partial charge in [0.15, 0.2) is 0 Å². The number of nitrogens with one attached hydrogen (secondary N) is 2. The molecule has 148 valence electrons. The molecule has 1 aromatic carbocycles. The average Bonchev–Trinajstić information content (AvgIpc) is 3.15. The van der Waals surface area contributed by atoms with Gasteiger partial charge in [0.2, 0.25) is 5.91 Å². The van der Waals surface area contributed by atoms with Crippen LogP contribution in [0.4, 0.5) is 0 Å². The zero-order chi connectivity index (χ0) is 19.2. The van der Waals surface area contributed by atoms with Crippen molar-refractivity contribution >= 4 is 11.7 Å². The van der Waals surface area contributed by atoms with Crippen LogP contribution < -0.4 is 16.8 Å². The maximum atomic E-state index is 12.7. The highest BCUT2D eigenvalue weighted by molar-refractivity contribution is 5.94. The summed E-state index contributed by atoms with van der Waals surface area (Å²) in [5.41, 5.74) is 13.7. The molecule has 2 fully saturated rings. The number of rotatable bonds is 7. The predicted octanol–water partition coefficient (Wildman–Crippen LogP) is 1.96. The minimum absolute atomic E-state index is 0.0569. The molecular weight excluding hydrogens is 338 g/mol. The molecule has 2 aliphatic rings. The SMILES string of the molecule is N=C(N)c1ccc(CNC(=O)[C@@H]2CCCN2C[C@H](N)C2CCCCC2)cc1. The molecule has 27 heavy (non-hydrogen) atoms. The third kappa shape index (κ3) is 5.30. The van der Waals surface area contributed by atoms with Gasteiger partial charge in [0.05, 0.1) is 6.04 Å². The summed E-state index contributed by atoms with van der Waals surface area (Å²) < 4.78 is 0. The molecule has 0 radical (unpaired) electrons. The summed E-state index contributed by atoms with van der Waals surface area (Å²) in [6.07, 6.45) is 8.38. The van der Waals surface area contributed by atoms with Gasteiger partial charge in [-0.25, -0.2) is 0 Å². The Labute approximate surface area is 162 Å². The summed E-state index contributed by atoms with van der Waals surface area (Å²) in [7, 11) is 0. The molecule has 0 unspecified atom stereocenters. The molecule has 1 heterocycles. The molecular formula is C21H33N5O. The number of likely N-dealkylation sites (tertiary alicyclic amines) is 1. The van der Waals surface area contributed by atoms with Gasteiger partial charge in [-0.05, 0) is 43.7 Å². The Bertz CT molecular complexity index is 638. The molecule has 3 rings (SSSR count). The lowest BCUT2D eigenvalue weighted by atomic mass is 9.84. The lowest BCUT2D eigenvalue weighted by Gasteiger charge is -2.32. The minimum Gasteiger partial charge on any atom is -0.384 e. The Balaban J connectivity index is 1.49. The van der Waals surface area contributed by atoms with Crippen molar-refractivity contribution in [1.29, 1.82) is 5.41 Å². The normalized spacial score (nSPS) is 22.5. The Morgan fingerprint density at radius 2 is 1.85 bits per heavy atom. The molecule has 1 saturated heterocycles. The highest BCUT2D eigenvalue weighted by Crippen LogP contribution is 2.27. The van der Waals surface area contributed by atoms with Crippen LogP contribution in [0.3, 0.4) is 0 Å². The summed E-state index contributed by atoms with van der Waals surface area (Å²) in [6, 6.07) is 7.56. The molecule has 1 aliphatic carbocycles. The molecule has 6 heteroatoms. The van der Waals surface area contributed by atoms with Crippen molar-refractivity contribution in [2.24, 2.45) is 17.4 Å². The average molecular weight is 372 g/mol. The van der Waals surface area contributed by atoms with E-state index in [1.807, 2.05) is 24.3 Å². The number of carbonyl (C=O) groups excluding carboxylic acids is 1. The molecule has 0 aromatic heterocycles. The number of nitrogen functional groups attached to an aromatic ring is 1. The van der Waals surface area contributed by atoms with Crippen molar-refractivity contribution in [3.63, 3.8) is 0 Å². The van der Waals surface area contributed by atoms with Crippen molar-refractivity contribution in [3.05, 3.63) is 35.4 Å². The lowest BCUT2D eigenvalue weighted by Crippen LogP contribution is -2.49. The topological polar surface area (TPSA) is 108 Å². The largest absolute Gasteiger partial charge is 0.384 e.